The van der Waals surface area contributed by atoms with Crippen molar-refractivity contribution in [3.05, 3.63) is 41.5 Å². The number of nitrogens with zero attached hydrogens (tertiary/aromatic N) is 1. The molecule has 0 aliphatic rings. The van der Waals surface area contributed by atoms with Crippen LogP contribution in [0.2, 0.25) is 0 Å². The Morgan fingerprint density at radius 2 is 1.90 bits per heavy atom. The van der Waals surface area contributed by atoms with Crippen LogP contribution >= 0.6 is 0 Å². The Hall–Kier alpha value is -1.69. The second-order valence-corrected chi connectivity index (χ2v) is 4.68. The van der Waals surface area contributed by atoms with E-state index in [9.17, 15) is 4.79 Å². The van der Waals surface area contributed by atoms with E-state index in [1.54, 1.807) is 20.3 Å². The number of carboxylic acids is 1. The molecule has 0 radical (unpaired) electrons. The molecular formula is C16H23NO4. The molecule has 0 aliphatic heterocycles. The molecule has 0 spiro atoms. The van der Waals surface area contributed by atoms with Crippen LogP contribution in [0.25, 0.3) is 6.08 Å². The van der Waals surface area contributed by atoms with Crippen LogP contribution in [-0.2, 0) is 20.8 Å². The second kappa shape index (κ2) is 10.1. The summed E-state index contributed by atoms with van der Waals surface area (Å²) >= 11 is 0. The Morgan fingerprint density at radius 3 is 2.48 bits per heavy atom. The number of carbonyl (C=O) groups is 1. The molecule has 116 valence electrons. The summed E-state index contributed by atoms with van der Waals surface area (Å²) < 4.78 is 10.2. The molecule has 0 aliphatic carbocycles. The van der Waals surface area contributed by atoms with Crippen molar-refractivity contribution in [3.63, 3.8) is 0 Å². The summed E-state index contributed by atoms with van der Waals surface area (Å²) in [5, 5.41) is 8.66. The van der Waals surface area contributed by atoms with Gasteiger partial charge in [0.25, 0.3) is 0 Å². The molecule has 0 atom stereocenters. The van der Waals surface area contributed by atoms with Gasteiger partial charge in [-0.05, 0) is 17.2 Å². The molecule has 1 N–H and O–H groups in total. The lowest BCUT2D eigenvalue weighted by Gasteiger charge is -2.21. The first-order valence-corrected chi connectivity index (χ1v) is 6.86. The summed E-state index contributed by atoms with van der Waals surface area (Å²) in [5.41, 5.74) is 2.02. The van der Waals surface area contributed by atoms with Crippen LogP contribution in [0, 0.1) is 0 Å². The van der Waals surface area contributed by atoms with Crippen LogP contribution < -0.4 is 0 Å². The molecule has 1 aromatic carbocycles. The van der Waals surface area contributed by atoms with Crippen molar-refractivity contribution in [2.24, 2.45) is 0 Å². The number of methoxy groups -OCH3 is 2. The molecule has 0 saturated heterocycles. The Bertz CT molecular complexity index is 451. The predicted molar refractivity (Wildman–Crippen MR) is 82.1 cm³/mol. The van der Waals surface area contributed by atoms with Gasteiger partial charge < -0.3 is 14.6 Å². The van der Waals surface area contributed by atoms with Gasteiger partial charge >= 0.3 is 5.97 Å². The summed E-state index contributed by atoms with van der Waals surface area (Å²) in [7, 11) is 3.37. The van der Waals surface area contributed by atoms with E-state index in [1.165, 1.54) is 0 Å². The number of hydrogen-bond donors (Lipinski definition) is 1. The van der Waals surface area contributed by atoms with E-state index in [0.717, 1.165) is 36.8 Å². The zero-order valence-corrected chi connectivity index (χ0v) is 12.6. The molecule has 0 heterocycles. The molecule has 5 heteroatoms. The smallest absolute Gasteiger partial charge is 0.328 e. The van der Waals surface area contributed by atoms with Gasteiger partial charge in [-0.1, -0.05) is 24.3 Å². The van der Waals surface area contributed by atoms with Crippen LogP contribution in [0.15, 0.2) is 30.3 Å². The van der Waals surface area contributed by atoms with Crippen molar-refractivity contribution < 1.29 is 19.4 Å². The zero-order chi connectivity index (χ0) is 15.5. The van der Waals surface area contributed by atoms with Crippen molar-refractivity contribution in [3.8, 4) is 0 Å². The number of aliphatic carboxylic acids is 1. The fraction of sp³-hybridized carbons (Fsp3) is 0.438. The Labute approximate surface area is 125 Å². The number of hydrogen-bond acceptors (Lipinski definition) is 4. The van der Waals surface area contributed by atoms with Gasteiger partial charge in [0.1, 0.15) is 0 Å². The summed E-state index contributed by atoms with van der Waals surface area (Å²) in [4.78, 5) is 12.8. The van der Waals surface area contributed by atoms with Crippen molar-refractivity contribution in [1.29, 1.82) is 0 Å². The number of rotatable bonds is 10. The summed E-state index contributed by atoms with van der Waals surface area (Å²) in [6.07, 6.45) is 2.74. The zero-order valence-electron chi connectivity index (χ0n) is 12.6. The van der Waals surface area contributed by atoms with E-state index < -0.39 is 5.97 Å². The molecular weight excluding hydrogens is 270 g/mol. The maximum atomic E-state index is 10.5. The topological polar surface area (TPSA) is 59.0 Å². The first-order chi connectivity index (χ1) is 10.2. The van der Waals surface area contributed by atoms with Gasteiger partial charge in [-0.2, -0.15) is 0 Å². The molecule has 1 aromatic rings. The maximum absolute atomic E-state index is 10.5. The third-order valence-electron chi connectivity index (χ3n) is 3.00. The molecule has 5 nitrogen and oxygen atoms in total. The van der Waals surface area contributed by atoms with Gasteiger partial charge in [0.15, 0.2) is 0 Å². The minimum Gasteiger partial charge on any atom is -0.478 e. The quantitative estimate of drug-likeness (QED) is 0.667. The highest BCUT2D eigenvalue weighted by Gasteiger charge is 2.06. The van der Waals surface area contributed by atoms with E-state index >= 15 is 0 Å². The van der Waals surface area contributed by atoms with Crippen LogP contribution in [0.5, 0.6) is 0 Å². The van der Waals surface area contributed by atoms with Crippen LogP contribution in [0.1, 0.15) is 11.1 Å². The number of ether oxygens (including phenoxy) is 2. The first-order valence-electron chi connectivity index (χ1n) is 6.86. The Kier molecular flexibility index (Phi) is 8.35. The molecule has 0 unspecified atom stereocenters. The summed E-state index contributed by atoms with van der Waals surface area (Å²) in [6.45, 7) is 3.77. The molecule has 0 saturated carbocycles. The molecule has 21 heavy (non-hydrogen) atoms. The molecule has 0 amide bonds. The number of carboxylic acid groups (broad SMARTS) is 1. The van der Waals surface area contributed by atoms with E-state index in [1.807, 2.05) is 24.3 Å². The largest absolute Gasteiger partial charge is 0.478 e. The standard InChI is InChI=1S/C16H23NO4/c1-20-10-8-17(9-11-21-2)13-15-5-3-4-14(12-15)6-7-16(18)19/h3-7,12H,8-11,13H2,1-2H3,(H,18,19). The van der Waals surface area contributed by atoms with E-state index in [4.69, 9.17) is 14.6 Å². The first kappa shape index (κ1) is 17.4. The summed E-state index contributed by atoms with van der Waals surface area (Å²) in [5.74, 6) is -0.942. The normalized spacial score (nSPS) is 11.4. The molecule has 0 aromatic heterocycles. The molecule has 1 rings (SSSR count). The third kappa shape index (κ3) is 7.60. The van der Waals surface area contributed by atoms with Gasteiger partial charge in [0, 0.05) is 39.9 Å². The second-order valence-electron chi connectivity index (χ2n) is 4.68. The third-order valence-corrected chi connectivity index (χ3v) is 3.00. The van der Waals surface area contributed by atoms with Crippen molar-refractivity contribution >= 4 is 12.0 Å². The lowest BCUT2D eigenvalue weighted by molar-refractivity contribution is -0.131. The SMILES string of the molecule is COCCN(CCOC)Cc1cccc(C=CC(=O)O)c1. The van der Waals surface area contributed by atoms with Gasteiger partial charge in [0.05, 0.1) is 13.2 Å². The average molecular weight is 293 g/mol. The molecule has 0 fully saturated rings. The lowest BCUT2D eigenvalue weighted by atomic mass is 10.1. The lowest BCUT2D eigenvalue weighted by Crippen LogP contribution is -2.30. The van der Waals surface area contributed by atoms with Crippen molar-refractivity contribution in [2.45, 2.75) is 6.54 Å². The van der Waals surface area contributed by atoms with Gasteiger partial charge in [-0.25, -0.2) is 4.79 Å². The fourth-order valence-corrected chi connectivity index (χ4v) is 1.93. The van der Waals surface area contributed by atoms with E-state index in [-0.39, 0.29) is 0 Å². The van der Waals surface area contributed by atoms with Gasteiger partial charge in [0.2, 0.25) is 0 Å². The number of benzene rings is 1. The predicted octanol–water partition coefficient (Wildman–Crippen LogP) is 1.88. The van der Waals surface area contributed by atoms with Gasteiger partial charge in [-0.15, -0.1) is 0 Å². The van der Waals surface area contributed by atoms with E-state index in [0.29, 0.717) is 13.2 Å². The Balaban J connectivity index is 2.68. The average Bonchev–Trinajstić information content (AvgIpc) is 2.48. The monoisotopic (exact) mass is 293 g/mol. The highest BCUT2D eigenvalue weighted by atomic mass is 16.5. The maximum Gasteiger partial charge on any atom is 0.328 e. The van der Waals surface area contributed by atoms with E-state index in [2.05, 4.69) is 4.90 Å². The highest BCUT2D eigenvalue weighted by molar-refractivity contribution is 5.85. The highest BCUT2D eigenvalue weighted by Crippen LogP contribution is 2.10. The van der Waals surface area contributed by atoms with Gasteiger partial charge in [-0.3, -0.25) is 4.90 Å². The van der Waals surface area contributed by atoms with Crippen LogP contribution in [-0.4, -0.2) is 56.5 Å². The minimum absolute atomic E-state index is 0.669. The van der Waals surface area contributed by atoms with Crippen molar-refractivity contribution in [2.75, 3.05) is 40.5 Å². The van der Waals surface area contributed by atoms with Crippen molar-refractivity contribution in [1.82, 2.24) is 4.90 Å². The minimum atomic E-state index is -0.942. The summed E-state index contributed by atoms with van der Waals surface area (Å²) in [6, 6.07) is 7.84. The molecule has 0 bridgehead atoms. The van der Waals surface area contributed by atoms with Crippen LogP contribution in [0.4, 0.5) is 0 Å². The fourth-order valence-electron chi connectivity index (χ4n) is 1.93. The Morgan fingerprint density at radius 1 is 1.24 bits per heavy atom. The van der Waals surface area contributed by atoms with Crippen LogP contribution in [0.3, 0.4) is 0 Å².